The highest BCUT2D eigenvalue weighted by molar-refractivity contribution is 7.87. The smallest absolute Gasteiger partial charge is 0.316 e. The molecular formula is C27H28F2N6O4S2. The zero-order valence-electron chi connectivity index (χ0n) is 22.2. The van der Waals surface area contributed by atoms with Crippen molar-refractivity contribution in [3.05, 3.63) is 75.7 Å². The average Bonchev–Trinajstić information content (AvgIpc) is 3.53. The third-order valence-corrected chi connectivity index (χ3v) is 9.93. The number of nitrogens with one attached hydrogen (secondary N) is 1. The van der Waals surface area contributed by atoms with Crippen molar-refractivity contribution in [2.45, 2.75) is 26.3 Å². The lowest BCUT2D eigenvalue weighted by atomic mass is 10.2. The molecule has 0 bridgehead atoms. The SMILES string of the molecule is CC1(COc2c(N3CCN(S(=O)(=O)NCc4nc5ccccc5s4)CC3)cnn(-c3cc(F)cc(F)c3)c2=O)CC1. The van der Waals surface area contributed by atoms with E-state index in [0.29, 0.717) is 17.3 Å². The van der Waals surface area contributed by atoms with Crippen LogP contribution in [0.15, 0.2) is 53.5 Å². The highest BCUT2D eigenvalue weighted by Crippen LogP contribution is 2.45. The zero-order chi connectivity index (χ0) is 28.8. The molecule has 2 aromatic heterocycles. The Morgan fingerprint density at radius 1 is 1.07 bits per heavy atom. The quantitative estimate of drug-likeness (QED) is 0.313. The minimum Gasteiger partial charge on any atom is -0.486 e. The molecule has 1 aliphatic carbocycles. The number of halogens is 2. The summed E-state index contributed by atoms with van der Waals surface area (Å²) in [5.74, 6) is -1.65. The first-order valence-corrected chi connectivity index (χ1v) is 15.4. The summed E-state index contributed by atoms with van der Waals surface area (Å²) < 4.78 is 65.7. The van der Waals surface area contributed by atoms with E-state index in [0.717, 1.165) is 45.9 Å². The van der Waals surface area contributed by atoms with Crippen LogP contribution in [0, 0.1) is 17.0 Å². The Bertz CT molecular complexity index is 1710. The van der Waals surface area contributed by atoms with Gasteiger partial charge in [-0.2, -0.15) is 27.2 Å². The molecule has 0 amide bonds. The molecule has 1 saturated carbocycles. The molecule has 0 radical (unpaired) electrons. The fourth-order valence-corrected chi connectivity index (χ4v) is 6.79. The first-order chi connectivity index (χ1) is 19.6. The Kier molecular flexibility index (Phi) is 7.26. The zero-order valence-corrected chi connectivity index (χ0v) is 23.9. The summed E-state index contributed by atoms with van der Waals surface area (Å²) in [5.41, 5.74) is 0.490. The molecule has 10 nitrogen and oxygen atoms in total. The third kappa shape index (κ3) is 5.96. The molecule has 0 spiro atoms. The number of aromatic nitrogens is 3. The van der Waals surface area contributed by atoms with Crippen LogP contribution in [0.2, 0.25) is 0 Å². The number of hydrogen-bond acceptors (Lipinski definition) is 8. The number of para-hydroxylation sites is 1. The standard InChI is InChI=1S/C27H28F2N6O4S2/c1-27(6-7-27)17-39-25-22(15-30-35(26(25)36)20-13-18(28)12-19(29)14-20)33-8-10-34(11-9-33)41(37,38)31-16-24-32-21-4-2-3-5-23(21)40-24/h2-5,12-15,31H,6-11,16-17H2,1H3. The van der Waals surface area contributed by atoms with Crippen LogP contribution in [-0.4, -0.2) is 60.3 Å². The lowest BCUT2D eigenvalue weighted by Crippen LogP contribution is -2.52. The molecule has 41 heavy (non-hydrogen) atoms. The van der Waals surface area contributed by atoms with Crippen LogP contribution >= 0.6 is 11.3 Å². The Morgan fingerprint density at radius 2 is 1.78 bits per heavy atom. The number of anilines is 1. The number of ether oxygens (including phenoxy) is 1. The van der Waals surface area contributed by atoms with Crippen molar-refractivity contribution >= 4 is 37.5 Å². The number of thiazole rings is 1. The molecule has 216 valence electrons. The third-order valence-electron chi connectivity index (χ3n) is 7.34. The molecular weight excluding hydrogens is 574 g/mol. The second-order valence-corrected chi connectivity index (χ2v) is 13.5. The molecule has 1 N–H and O–H groups in total. The van der Waals surface area contributed by atoms with Gasteiger partial charge >= 0.3 is 5.56 Å². The highest BCUT2D eigenvalue weighted by atomic mass is 32.2. The number of benzene rings is 2. The van der Waals surface area contributed by atoms with Crippen molar-refractivity contribution in [3.63, 3.8) is 0 Å². The summed E-state index contributed by atoms with van der Waals surface area (Å²) in [7, 11) is -3.78. The van der Waals surface area contributed by atoms with Crippen molar-refractivity contribution in [1.29, 1.82) is 0 Å². The monoisotopic (exact) mass is 602 g/mol. The van der Waals surface area contributed by atoms with Gasteiger partial charge in [-0.3, -0.25) is 4.79 Å². The predicted octanol–water partition coefficient (Wildman–Crippen LogP) is 3.46. The number of piperazine rings is 1. The minimum absolute atomic E-state index is 0.0167. The summed E-state index contributed by atoms with van der Waals surface area (Å²) in [6, 6.07) is 10.4. The predicted molar refractivity (Wildman–Crippen MR) is 152 cm³/mol. The van der Waals surface area contributed by atoms with Gasteiger partial charge in [-0.15, -0.1) is 11.3 Å². The molecule has 3 heterocycles. The largest absolute Gasteiger partial charge is 0.486 e. The Balaban J connectivity index is 1.18. The summed E-state index contributed by atoms with van der Waals surface area (Å²) in [6.07, 6.45) is 3.36. The van der Waals surface area contributed by atoms with Crippen molar-refractivity contribution in [1.82, 2.24) is 23.8 Å². The normalized spacial score (nSPS) is 17.2. The van der Waals surface area contributed by atoms with E-state index < -0.39 is 27.4 Å². The average molecular weight is 603 g/mol. The molecule has 1 aliphatic heterocycles. The molecule has 0 atom stereocenters. The van der Waals surface area contributed by atoms with E-state index in [-0.39, 0.29) is 49.6 Å². The maximum Gasteiger partial charge on any atom is 0.316 e. The van der Waals surface area contributed by atoms with Gasteiger partial charge in [0.25, 0.3) is 10.2 Å². The van der Waals surface area contributed by atoms with Crippen LogP contribution in [-0.2, 0) is 16.8 Å². The van der Waals surface area contributed by atoms with Crippen molar-refractivity contribution in [2.24, 2.45) is 5.41 Å². The van der Waals surface area contributed by atoms with Gasteiger partial charge in [0.15, 0.2) is 0 Å². The van der Waals surface area contributed by atoms with Crippen LogP contribution in [0.25, 0.3) is 15.9 Å². The Hall–Kier alpha value is -3.46. The number of fused-ring (bicyclic) bond motifs is 1. The van der Waals surface area contributed by atoms with Gasteiger partial charge in [-0.05, 0) is 37.1 Å². The maximum absolute atomic E-state index is 13.9. The van der Waals surface area contributed by atoms with Crippen LogP contribution in [0.3, 0.4) is 0 Å². The fourth-order valence-electron chi connectivity index (χ4n) is 4.65. The Labute approximate surface area is 239 Å². The number of rotatable bonds is 9. The van der Waals surface area contributed by atoms with E-state index in [1.807, 2.05) is 29.2 Å². The molecule has 2 fully saturated rings. The van der Waals surface area contributed by atoms with E-state index in [1.165, 1.54) is 21.8 Å². The molecule has 2 aromatic carbocycles. The lowest BCUT2D eigenvalue weighted by Gasteiger charge is -2.35. The highest BCUT2D eigenvalue weighted by Gasteiger charge is 2.39. The first-order valence-electron chi connectivity index (χ1n) is 13.2. The summed E-state index contributed by atoms with van der Waals surface area (Å²) in [4.78, 5) is 19.8. The van der Waals surface area contributed by atoms with Gasteiger partial charge in [0.1, 0.15) is 22.3 Å². The first kappa shape index (κ1) is 27.7. The van der Waals surface area contributed by atoms with Crippen LogP contribution < -0.4 is 19.9 Å². The molecule has 6 rings (SSSR count). The maximum atomic E-state index is 13.9. The summed E-state index contributed by atoms with van der Waals surface area (Å²) >= 11 is 1.44. The van der Waals surface area contributed by atoms with E-state index in [9.17, 15) is 22.0 Å². The van der Waals surface area contributed by atoms with Crippen molar-refractivity contribution in [3.8, 4) is 11.4 Å². The van der Waals surface area contributed by atoms with Gasteiger partial charge in [0.05, 0.1) is 35.3 Å². The number of hydrogen-bond donors (Lipinski definition) is 1. The summed E-state index contributed by atoms with van der Waals surface area (Å²) in [6.45, 7) is 3.36. The molecule has 4 aromatic rings. The molecule has 14 heteroatoms. The molecule has 0 unspecified atom stereocenters. The Morgan fingerprint density at radius 3 is 2.46 bits per heavy atom. The van der Waals surface area contributed by atoms with Crippen molar-refractivity contribution < 1.29 is 21.9 Å². The van der Waals surface area contributed by atoms with Gasteiger partial charge in [-0.1, -0.05) is 19.1 Å². The van der Waals surface area contributed by atoms with E-state index in [1.54, 1.807) is 0 Å². The topological polar surface area (TPSA) is 110 Å². The van der Waals surface area contributed by atoms with Crippen LogP contribution in [0.4, 0.5) is 14.5 Å². The second kappa shape index (κ2) is 10.7. The van der Waals surface area contributed by atoms with Gasteiger partial charge in [-0.25, -0.2) is 13.8 Å². The van der Waals surface area contributed by atoms with Gasteiger partial charge < -0.3 is 9.64 Å². The van der Waals surface area contributed by atoms with Crippen LogP contribution in [0.5, 0.6) is 5.75 Å². The molecule has 2 aliphatic rings. The van der Waals surface area contributed by atoms with Gasteiger partial charge in [0, 0.05) is 37.7 Å². The van der Waals surface area contributed by atoms with E-state index >= 15 is 0 Å². The fraction of sp³-hybridized carbons (Fsp3) is 0.370. The van der Waals surface area contributed by atoms with Gasteiger partial charge in [0.2, 0.25) is 5.75 Å². The number of nitrogens with zero attached hydrogens (tertiary/aromatic N) is 5. The van der Waals surface area contributed by atoms with E-state index in [4.69, 9.17) is 4.74 Å². The van der Waals surface area contributed by atoms with Crippen LogP contribution in [0.1, 0.15) is 24.8 Å². The summed E-state index contributed by atoms with van der Waals surface area (Å²) in [5, 5.41) is 4.85. The second-order valence-electron chi connectivity index (χ2n) is 10.6. The minimum atomic E-state index is -3.78. The van der Waals surface area contributed by atoms with Crippen molar-refractivity contribution in [2.75, 3.05) is 37.7 Å². The van der Waals surface area contributed by atoms with E-state index in [2.05, 4.69) is 21.7 Å². The molecule has 1 saturated heterocycles. The lowest BCUT2D eigenvalue weighted by molar-refractivity contribution is 0.242.